The molecule has 0 aromatic rings. The van der Waals surface area contributed by atoms with E-state index in [-0.39, 0.29) is 0 Å². The topological polar surface area (TPSA) is 88.4 Å². The zero-order chi connectivity index (χ0) is 14.6. The summed E-state index contributed by atoms with van der Waals surface area (Å²) in [5, 5.41) is 10.7. The third-order valence-corrected chi connectivity index (χ3v) is 1.91. The molecule has 0 aliphatic carbocycles. The first-order valence-corrected chi connectivity index (χ1v) is 5.56. The molecule has 0 rings (SSSR count). The van der Waals surface area contributed by atoms with Gasteiger partial charge in [-0.25, -0.2) is 9.59 Å². The van der Waals surface area contributed by atoms with Crippen LogP contribution in [-0.2, 0) is 14.3 Å². The highest BCUT2D eigenvalue weighted by atomic mass is 16.6. The number of nitrogens with zero attached hydrogens (tertiary/aromatic N) is 1. The summed E-state index contributed by atoms with van der Waals surface area (Å²) in [6.07, 6.45) is 0.575. The highest BCUT2D eigenvalue weighted by Gasteiger charge is 2.35. The van der Waals surface area contributed by atoms with Crippen LogP contribution in [0.5, 0.6) is 0 Å². The molecule has 0 spiro atoms. The summed E-state index contributed by atoms with van der Waals surface area (Å²) in [6.45, 7) is 10.4. The molecule has 1 unspecified atom stereocenters. The van der Waals surface area contributed by atoms with Gasteiger partial charge in [0.1, 0.15) is 11.6 Å². The van der Waals surface area contributed by atoms with Gasteiger partial charge in [0.25, 0.3) is 6.26 Å². The molecule has 1 amide bonds. The lowest BCUT2D eigenvalue weighted by Gasteiger charge is -2.29. The highest BCUT2D eigenvalue weighted by Crippen LogP contribution is 2.21. The predicted molar refractivity (Wildman–Crippen MR) is 64.3 cm³/mol. The molecule has 0 heterocycles. The van der Waals surface area contributed by atoms with Crippen molar-refractivity contribution in [2.45, 2.75) is 53.2 Å². The second-order valence-electron chi connectivity index (χ2n) is 5.96. The van der Waals surface area contributed by atoms with Crippen molar-refractivity contribution in [2.24, 2.45) is 5.41 Å². The van der Waals surface area contributed by atoms with Crippen LogP contribution in [0.25, 0.3) is 0 Å². The van der Waals surface area contributed by atoms with Gasteiger partial charge in [-0.3, -0.25) is 0 Å². The fourth-order valence-electron chi connectivity index (χ4n) is 1.16. The minimum absolute atomic E-state index is 0.592. The Kier molecular flexibility index (Phi) is 5.15. The molecule has 0 fully saturated rings. The first kappa shape index (κ1) is 16.2. The number of rotatable bonds is 2. The van der Waals surface area contributed by atoms with Gasteiger partial charge in [0.05, 0.1) is 0 Å². The summed E-state index contributed by atoms with van der Waals surface area (Å²) >= 11 is 0. The lowest BCUT2D eigenvalue weighted by Crippen LogP contribution is -2.50. The Hall–Kier alpha value is -1.77. The number of hydrogen-bond acceptors (Lipinski definition) is 5. The number of carbonyl (C=O) groups excluding carboxylic acids is 2. The van der Waals surface area contributed by atoms with Crippen LogP contribution in [-0.4, -0.2) is 23.7 Å². The largest absolute Gasteiger partial charge is 0.444 e. The molecular formula is C12H20N2O4. The van der Waals surface area contributed by atoms with E-state index in [4.69, 9.17) is 10.00 Å². The summed E-state index contributed by atoms with van der Waals surface area (Å²) in [5.41, 5.74) is -1.25. The average Bonchev–Trinajstić information content (AvgIpc) is 2.09. The number of hydrogen-bond donors (Lipinski definition) is 1. The van der Waals surface area contributed by atoms with E-state index in [1.165, 1.54) is 6.26 Å². The Labute approximate surface area is 107 Å². The summed E-state index contributed by atoms with van der Waals surface area (Å²) in [6, 6.07) is -0.952. The number of carbonyl (C=O) groups is 2. The summed E-state index contributed by atoms with van der Waals surface area (Å²) < 4.78 is 9.31. The molecule has 0 aliphatic heterocycles. The maximum atomic E-state index is 11.6. The van der Waals surface area contributed by atoms with Crippen LogP contribution in [0.2, 0.25) is 0 Å². The van der Waals surface area contributed by atoms with Gasteiger partial charge in [0.15, 0.2) is 0 Å². The zero-order valence-corrected chi connectivity index (χ0v) is 11.7. The fourth-order valence-corrected chi connectivity index (χ4v) is 1.16. The molecule has 6 nitrogen and oxygen atoms in total. The predicted octanol–water partition coefficient (Wildman–Crippen LogP) is 1.95. The number of esters is 1. The first-order chi connectivity index (χ1) is 7.97. The van der Waals surface area contributed by atoms with Crippen LogP contribution >= 0.6 is 0 Å². The molecular weight excluding hydrogens is 236 g/mol. The maximum absolute atomic E-state index is 11.6. The van der Waals surface area contributed by atoms with Crippen LogP contribution < -0.4 is 5.32 Å². The van der Waals surface area contributed by atoms with Gasteiger partial charge in [0, 0.05) is 0 Å². The molecule has 102 valence electrons. The number of nitriles is 1. The van der Waals surface area contributed by atoms with Crippen molar-refractivity contribution in [3.63, 3.8) is 0 Å². The van der Waals surface area contributed by atoms with Gasteiger partial charge in [0.2, 0.25) is 0 Å². The molecule has 0 saturated heterocycles. The van der Waals surface area contributed by atoms with Gasteiger partial charge in [-0.15, -0.1) is 5.26 Å². The van der Waals surface area contributed by atoms with E-state index in [0.717, 1.165) is 0 Å². The summed E-state index contributed by atoms with van der Waals surface area (Å²) in [5.74, 6) is -0.809. The Bertz CT molecular complexity index is 358. The lowest BCUT2D eigenvalue weighted by atomic mass is 9.87. The molecule has 0 aromatic heterocycles. The van der Waals surface area contributed by atoms with E-state index < -0.39 is 29.1 Å². The number of nitrogens with one attached hydrogen (secondary N) is 1. The monoisotopic (exact) mass is 256 g/mol. The van der Waals surface area contributed by atoms with Crippen molar-refractivity contribution in [3.8, 4) is 6.26 Å². The third kappa shape index (κ3) is 6.09. The summed E-state index contributed by atoms with van der Waals surface area (Å²) in [7, 11) is 0. The summed E-state index contributed by atoms with van der Waals surface area (Å²) in [4.78, 5) is 23.2. The van der Waals surface area contributed by atoms with Crippen molar-refractivity contribution in [3.05, 3.63) is 0 Å². The maximum Gasteiger partial charge on any atom is 0.408 e. The third-order valence-electron chi connectivity index (χ3n) is 1.91. The van der Waals surface area contributed by atoms with Crippen molar-refractivity contribution < 1.29 is 19.1 Å². The van der Waals surface area contributed by atoms with Gasteiger partial charge in [-0.2, -0.15) is 0 Å². The van der Waals surface area contributed by atoms with E-state index >= 15 is 0 Å². The van der Waals surface area contributed by atoms with E-state index in [1.807, 2.05) is 0 Å². The molecule has 18 heavy (non-hydrogen) atoms. The fraction of sp³-hybridized carbons (Fsp3) is 0.750. The molecule has 0 saturated carbocycles. The van der Waals surface area contributed by atoms with E-state index in [9.17, 15) is 9.59 Å². The average molecular weight is 256 g/mol. The Morgan fingerprint density at radius 3 is 2.00 bits per heavy atom. The second kappa shape index (κ2) is 5.71. The van der Waals surface area contributed by atoms with E-state index in [0.29, 0.717) is 0 Å². The smallest absolute Gasteiger partial charge is 0.408 e. The lowest BCUT2D eigenvalue weighted by molar-refractivity contribution is -0.142. The van der Waals surface area contributed by atoms with Crippen molar-refractivity contribution in [2.75, 3.05) is 0 Å². The molecule has 1 atom stereocenters. The molecule has 1 N–H and O–H groups in total. The number of alkyl carbamates (subject to hydrolysis) is 1. The van der Waals surface area contributed by atoms with Crippen molar-refractivity contribution >= 4 is 12.1 Å². The van der Waals surface area contributed by atoms with Crippen LogP contribution in [0.4, 0.5) is 4.79 Å². The van der Waals surface area contributed by atoms with E-state index in [2.05, 4.69) is 10.1 Å². The number of ether oxygens (including phenoxy) is 2. The Morgan fingerprint density at radius 2 is 1.67 bits per heavy atom. The molecule has 6 heteroatoms. The highest BCUT2D eigenvalue weighted by molar-refractivity contribution is 5.82. The van der Waals surface area contributed by atoms with Crippen LogP contribution in [0.3, 0.4) is 0 Å². The van der Waals surface area contributed by atoms with Crippen LogP contribution in [0.15, 0.2) is 0 Å². The minimum Gasteiger partial charge on any atom is -0.444 e. The standard InChI is InChI=1S/C12H20N2O4/c1-11(2,3)8(9(15)17-7-13)14-10(16)18-12(4,5)6/h8H,1-6H3,(H,14,16). The zero-order valence-electron chi connectivity index (χ0n) is 11.7. The van der Waals surface area contributed by atoms with Gasteiger partial charge >= 0.3 is 12.1 Å². The Morgan fingerprint density at radius 1 is 1.17 bits per heavy atom. The quantitative estimate of drug-likeness (QED) is 0.602. The normalized spacial score (nSPS) is 13.2. The van der Waals surface area contributed by atoms with Crippen LogP contribution in [0, 0.1) is 16.9 Å². The van der Waals surface area contributed by atoms with Crippen molar-refractivity contribution in [1.29, 1.82) is 5.26 Å². The first-order valence-electron chi connectivity index (χ1n) is 5.56. The molecule has 0 bridgehead atoms. The number of amides is 1. The molecule has 0 aromatic carbocycles. The van der Waals surface area contributed by atoms with Gasteiger partial charge in [-0.1, -0.05) is 20.8 Å². The van der Waals surface area contributed by atoms with Crippen LogP contribution in [0.1, 0.15) is 41.5 Å². The minimum atomic E-state index is -0.952. The molecule has 0 radical (unpaired) electrons. The Balaban J connectivity index is 4.78. The van der Waals surface area contributed by atoms with Gasteiger partial charge < -0.3 is 14.8 Å². The second-order valence-corrected chi connectivity index (χ2v) is 5.96. The van der Waals surface area contributed by atoms with Gasteiger partial charge in [-0.05, 0) is 26.2 Å². The SMILES string of the molecule is CC(C)(C)OC(=O)NC(C(=O)OC#N)C(C)(C)C. The van der Waals surface area contributed by atoms with Crippen molar-refractivity contribution in [1.82, 2.24) is 5.32 Å². The molecule has 0 aliphatic rings. The van der Waals surface area contributed by atoms with E-state index in [1.54, 1.807) is 41.5 Å².